The van der Waals surface area contributed by atoms with E-state index in [1.54, 1.807) is 0 Å². The van der Waals surface area contributed by atoms with Crippen LogP contribution in [0.25, 0.3) is 0 Å². The second kappa shape index (κ2) is 2.82. The lowest BCUT2D eigenvalue weighted by molar-refractivity contribution is 0.0756. The van der Waals surface area contributed by atoms with Crippen LogP contribution in [-0.4, -0.2) is 6.79 Å². The van der Waals surface area contributed by atoms with E-state index >= 15 is 0 Å². The highest BCUT2D eigenvalue weighted by Crippen LogP contribution is 2.26. The molecule has 0 aromatic carbocycles. The summed E-state index contributed by atoms with van der Waals surface area (Å²) in [7, 11) is 0. The summed E-state index contributed by atoms with van der Waals surface area (Å²) >= 11 is 0. The molecule has 0 spiro atoms. The molecular formula is C9H12O2. The Labute approximate surface area is 66.8 Å². The minimum Gasteiger partial charge on any atom is -0.453 e. The summed E-state index contributed by atoms with van der Waals surface area (Å²) < 4.78 is 10.4. The maximum atomic E-state index is 5.19. The van der Waals surface area contributed by atoms with E-state index in [0.717, 1.165) is 22.7 Å². The molecule has 1 aliphatic heterocycles. The Kier molecular flexibility index (Phi) is 2.03. The van der Waals surface area contributed by atoms with Crippen LogP contribution in [0.3, 0.4) is 0 Å². The first-order chi connectivity index (χ1) is 5.13. The number of allylic oxidation sites excluding steroid dienone is 2. The molecule has 0 aromatic heterocycles. The minimum absolute atomic E-state index is 0.282. The Hall–Kier alpha value is -1.18. The lowest BCUT2D eigenvalue weighted by Crippen LogP contribution is -1.88. The Balaban J connectivity index is 2.95. The van der Waals surface area contributed by atoms with Crippen molar-refractivity contribution >= 4 is 0 Å². The summed E-state index contributed by atoms with van der Waals surface area (Å²) in [6, 6.07) is 0. The van der Waals surface area contributed by atoms with Crippen molar-refractivity contribution in [3.8, 4) is 0 Å². The van der Waals surface area contributed by atoms with Crippen LogP contribution in [0.15, 0.2) is 35.8 Å². The molecule has 2 nitrogen and oxygen atoms in total. The van der Waals surface area contributed by atoms with Gasteiger partial charge in [-0.1, -0.05) is 13.2 Å². The first-order valence-corrected chi connectivity index (χ1v) is 3.44. The van der Waals surface area contributed by atoms with Gasteiger partial charge < -0.3 is 9.47 Å². The van der Waals surface area contributed by atoms with Crippen LogP contribution in [0.1, 0.15) is 13.8 Å². The number of hydrogen-bond acceptors (Lipinski definition) is 2. The van der Waals surface area contributed by atoms with E-state index in [1.165, 1.54) is 0 Å². The average Bonchev–Trinajstić information content (AvgIpc) is 2.32. The molecule has 0 aromatic rings. The Morgan fingerprint density at radius 1 is 1.09 bits per heavy atom. The summed E-state index contributed by atoms with van der Waals surface area (Å²) in [6.07, 6.45) is 0. The summed E-state index contributed by atoms with van der Waals surface area (Å²) in [4.78, 5) is 0. The van der Waals surface area contributed by atoms with Crippen molar-refractivity contribution in [1.29, 1.82) is 0 Å². The molecular weight excluding hydrogens is 140 g/mol. The zero-order valence-electron chi connectivity index (χ0n) is 6.94. The van der Waals surface area contributed by atoms with Crippen molar-refractivity contribution < 1.29 is 9.47 Å². The van der Waals surface area contributed by atoms with Gasteiger partial charge in [0, 0.05) is 0 Å². The molecule has 0 saturated heterocycles. The maximum absolute atomic E-state index is 5.19. The highest BCUT2D eigenvalue weighted by molar-refractivity contribution is 5.34. The van der Waals surface area contributed by atoms with E-state index in [9.17, 15) is 0 Å². The predicted molar refractivity (Wildman–Crippen MR) is 43.7 cm³/mol. The topological polar surface area (TPSA) is 18.5 Å². The molecule has 0 radical (unpaired) electrons. The molecule has 2 heteroatoms. The average molecular weight is 152 g/mol. The Morgan fingerprint density at radius 2 is 1.45 bits per heavy atom. The lowest BCUT2D eigenvalue weighted by atomic mass is 10.2. The number of ether oxygens (including phenoxy) is 2. The fraction of sp³-hybridized carbons (Fsp3) is 0.333. The van der Waals surface area contributed by atoms with E-state index in [1.807, 2.05) is 13.8 Å². The molecule has 0 unspecified atom stereocenters. The second-order valence-electron chi connectivity index (χ2n) is 2.63. The minimum atomic E-state index is 0.282. The summed E-state index contributed by atoms with van der Waals surface area (Å²) in [5, 5.41) is 0. The lowest BCUT2D eigenvalue weighted by Gasteiger charge is -2.00. The van der Waals surface area contributed by atoms with Crippen LogP contribution < -0.4 is 0 Å². The van der Waals surface area contributed by atoms with Crippen molar-refractivity contribution in [2.24, 2.45) is 0 Å². The number of hydrogen-bond donors (Lipinski definition) is 0. The zero-order valence-corrected chi connectivity index (χ0v) is 6.94. The van der Waals surface area contributed by atoms with Gasteiger partial charge in [-0.2, -0.15) is 0 Å². The SMILES string of the molecule is C=C(C)C1=C(C(=C)C)OCO1. The third kappa shape index (κ3) is 1.45. The van der Waals surface area contributed by atoms with Crippen LogP contribution in [0.2, 0.25) is 0 Å². The van der Waals surface area contributed by atoms with Crippen LogP contribution >= 0.6 is 0 Å². The molecule has 60 valence electrons. The van der Waals surface area contributed by atoms with Crippen LogP contribution in [0.5, 0.6) is 0 Å². The van der Waals surface area contributed by atoms with Crippen LogP contribution in [0.4, 0.5) is 0 Å². The standard InChI is InChI=1S/C9H12O2/c1-6(2)8-9(7(3)4)11-5-10-8/h1,3,5H2,2,4H3. The molecule has 0 N–H and O–H groups in total. The molecule has 11 heavy (non-hydrogen) atoms. The number of rotatable bonds is 2. The van der Waals surface area contributed by atoms with Gasteiger partial charge in [0.1, 0.15) is 0 Å². The maximum Gasteiger partial charge on any atom is 0.231 e. The van der Waals surface area contributed by atoms with E-state index in [4.69, 9.17) is 9.47 Å². The first kappa shape index (κ1) is 7.92. The van der Waals surface area contributed by atoms with Gasteiger partial charge in [-0.25, -0.2) is 0 Å². The fourth-order valence-corrected chi connectivity index (χ4v) is 0.912. The van der Waals surface area contributed by atoms with E-state index in [0.29, 0.717) is 0 Å². The van der Waals surface area contributed by atoms with Gasteiger partial charge in [-0.05, 0) is 25.0 Å². The third-order valence-corrected chi connectivity index (χ3v) is 1.39. The normalized spacial score (nSPS) is 15.8. The second-order valence-corrected chi connectivity index (χ2v) is 2.63. The molecule has 0 aliphatic carbocycles. The molecule has 1 heterocycles. The van der Waals surface area contributed by atoms with Gasteiger partial charge in [-0.3, -0.25) is 0 Å². The van der Waals surface area contributed by atoms with Crippen molar-refractivity contribution in [3.63, 3.8) is 0 Å². The summed E-state index contributed by atoms with van der Waals surface area (Å²) in [6.45, 7) is 11.6. The molecule has 1 rings (SSSR count). The highest BCUT2D eigenvalue weighted by Gasteiger charge is 2.17. The first-order valence-electron chi connectivity index (χ1n) is 3.44. The summed E-state index contributed by atoms with van der Waals surface area (Å²) in [5.41, 5.74) is 1.75. The van der Waals surface area contributed by atoms with Gasteiger partial charge in [0.05, 0.1) is 0 Å². The predicted octanol–water partition coefficient (Wildman–Crippen LogP) is 2.35. The Bertz CT molecular complexity index is 212. The molecule has 0 atom stereocenters. The molecule has 0 saturated carbocycles. The van der Waals surface area contributed by atoms with Crippen LogP contribution in [0, 0.1) is 0 Å². The van der Waals surface area contributed by atoms with Crippen LogP contribution in [-0.2, 0) is 9.47 Å². The van der Waals surface area contributed by atoms with E-state index in [-0.39, 0.29) is 6.79 Å². The molecule has 0 amide bonds. The fourth-order valence-electron chi connectivity index (χ4n) is 0.912. The van der Waals surface area contributed by atoms with Gasteiger partial charge in [-0.15, -0.1) is 0 Å². The largest absolute Gasteiger partial charge is 0.453 e. The van der Waals surface area contributed by atoms with Crippen molar-refractivity contribution in [1.82, 2.24) is 0 Å². The van der Waals surface area contributed by atoms with Gasteiger partial charge in [0.15, 0.2) is 11.5 Å². The smallest absolute Gasteiger partial charge is 0.231 e. The molecule has 1 aliphatic rings. The van der Waals surface area contributed by atoms with Crippen molar-refractivity contribution in [2.75, 3.05) is 6.79 Å². The zero-order chi connectivity index (χ0) is 8.43. The Morgan fingerprint density at radius 3 is 1.73 bits per heavy atom. The van der Waals surface area contributed by atoms with Gasteiger partial charge in [0.25, 0.3) is 0 Å². The highest BCUT2D eigenvalue weighted by atomic mass is 16.7. The van der Waals surface area contributed by atoms with Gasteiger partial charge in [0.2, 0.25) is 6.79 Å². The van der Waals surface area contributed by atoms with Crippen molar-refractivity contribution in [2.45, 2.75) is 13.8 Å². The summed E-state index contributed by atoms with van der Waals surface area (Å²) in [5.74, 6) is 1.47. The van der Waals surface area contributed by atoms with Crippen molar-refractivity contribution in [3.05, 3.63) is 35.8 Å². The third-order valence-electron chi connectivity index (χ3n) is 1.39. The quantitative estimate of drug-likeness (QED) is 0.604. The molecule has 0 bridgehead atoms. The van der Waals surface area contributed by atoms with E-state index < -0.39 is 0 Å². The molecule has 0 fully saturated rings. The van der Waals surface area contributed by atoms with Gasteiger partial charge >= 0.3 is 0 Å². The van der Waals surface area contributed by atoms with E-state index in [2.05, 4.69) is 13.2 Å². The monoisotopic (exact) mass is 152 g/mol.